The van der Waals surface area contributed by atoms with Crippen LogP contribution >= 0.6 is 35.6 Å². The molecule has 2 rings (SSSR count). The Morgan fingerprint density at radius 1 is 1.13 bits per heavy atom. The highest BCUT2D eigenvalue weighted by atomic mass is 35.5. The molecular formula is C10H13Cl3N2. The number of rotatable bonds is 1. The van der Waals surface area contributed by atoms with E-state index in [0.717, 1.165) is 25.9 Å². The highest BCUT2D eigenvalue weighted by Crippen LogP contribution is 2.28. The molecule has 0 aliphatic carbocycles. The zero-order valence-corrected chi connectivity index (χ0v) is 10.5. The van der Waals surface area contributed by atoms with Crippen molar-refractivity contribution >= 4 is 35.6 Å². The van der Waals surface area contributed by atoms with Crippen LogP contribution in [0.4, 0.5) is 0 Å². The van der Waals surface area contributed by atoms with E-state index < -0.39 is 0 Å². The van der Waals surface area contributed by atoms with E-state index in [1.54, 1.807) is 0 Å². The summed E-state index contributed by atoms with van der Waals surface area (Å²) < 4.78 is 0. The van der Waals surface area contributed by atoms with Gasteiger partial charge in [-0.3, -0.25) is 0 Å². The SMILES string of the molecule is Cl.Clc1cc(C2CCNCC2)cc(Cl)n1. The lowest BCUT2D eigenvalue weighted by Gasteiger charge is -2.23. The van der Waals surface area contributed by atoms with E-state index in [2.05, 4.69) is 10.3 Å². The number of hydrogen-bond acceptors (Lipinski definition) is 2. The quantitative estimate of drug-likeness (QED) is 0.790. The number of halogens is 3. The zero-order chi connectivity index (χ0) is 9.97. The van der Waals surface area contributed by atoms with Crippen LogP contribution < -0.4 is 5.32 Å². The minimum Gasteiger partial charge on any atom is -0.317 e. The summed E-state index contributed by atoms with van der Waals surface area (Å²) in [5.41, 5.74) is 1.22. The Morgan fingerprint density at radius 3 is 2.20 bits per heavy atom. The summed E-state index contributed by atoms with van der Waals surface area (Å²) in [5, 5.41) is 4.32. The highest BCUT2D eigenvalue weighted by molar-refractivity contribution is 6.32. The fourth-order valence-electron chi connectivity index (χ4n) is 1.87. The Hall–Kier alpha value is -0.0200. The van der Waals surface area contributed by atoms with Gasteiger partial charge in [0, 0.05) is 0 Å². The molecule has 1 N–H and O–H groups in total. The van der Waals surface area contributed by atoms with Gasteiger partial charge in [-0.25, -0.2) is 4.98 Å². The first-order valence-corrected chi connectivity index (χ1v) is 5.55. The molecular weight excluding hydrogens is 254 g/mol. The van der Waals surface area contributed by atoms with Crippen molar-refractivity contribution in [3.63, 3.8) is 0 Å². The van der Waals surface area contributed by atoms with E-state index in [1.807, 2.05) is 12.1 Å². The summed E-state index contributed by atoms with van der Waals surface area (Å²) in [5.74, 6) is 0.578. The lowest BCUT2D eigenvalue weighted by Crippen LogP contribution is -2.26. The van der Waals surface area contributed by atoms with Crippen LogP contribution in [0.25, 0.3) is 0 Å². The number of piperidine rings is 1. The molecule has 1 saturated heterocycles. The Balaban J connectivity index is 0.00000112. The highest BCUT2D eigenvalue weighted by Gasteiger charge is 2.16. The van der Waals surface area contributed by atoms with Crippen molar-refractivity contribution in [3.05, 3.63) is 28.0 Å². The van der Waals surface area contributed by atoms with Crippen LogP contribution in [0.15, 0.2) is 12.1 Å². The van der Waals surface area contributed by atoms with Crippen molar-refractivity contribution < 1.29 is 0 Å². The summed E-state index contributed by atoms with van der Waals surface area (Å²) in [4.78, 5) is 3.94. The largest absolute Gasteiger partial charge is 0.317 e. The minimum absolute atomic E-state index is 0. The van der Waals surface area contributed by atoms with Crippen LogP contribution in [0, 0.1) is 0 Å². The fourth-order valence-corrected chi connectivity index (χ4v) is 2.35. The second-order valence-corrected chi connectivity index (χ2v) is 4.34. The van der Waals surface area contributed by atoms with E-state index in [0.29, 0.717) is 16.2 Å². The minimum atomic E-state index is 0. The molecule has 15 heavy (non-hydrogen) atoms. The van der Waals surface area contributed by atoms with Gasteiger partial charge in [0.2, 0.25) is 0 Å². The summed E-state index contributed by atoms with van der Waals surface area (Å²) in [6, 6.07) is 3.84. The standard InChI is InChI=1S/C10H12Cl2N2.ClH/c11-9-5-8(6-10(12)14-9)7-1-3-13-4-2-7;/h5-7,13H,1-4H2;1H. The molecule has 84 valence electrons. The average Bonchev–Trinajstić information content (AvgIpc) is 2.18. The summed E-state index contributed by atoms with van der Waals surface area (Å²) in [6.45, 7) is 2.14. The monoisotopic (exact) mass is 266 g/mol. The lowest BCUT2D eigenvalue weighted by atomic mass is 9.91. The maximum atomic E-state index is 5.86. The predicted molar refractivity (Wildman–Crippen MR) is 66.3 cm³/mol. The summed E-state index contributed by atoms with van der Waals surface area (Å²) >= 11 is 11.7. The molecule has 0 aromatic carbocycles. The maximum Gasteiger partial charge on any atom is 0.131 e. The number of nitrogens with one attached hydrogen (secondary N) is 1. The number of pyridine rings is 1. The molecule has 1 aliphatic rings. The molecule has 1 aromatic rings. The number of aromatic nitrogens is 1. The van der Waals surface area contributed by atoms with Gasteiger partial charge in [-0.1, -0.05) is 23.2 Å². The van der Waals surface area contributed by atoms with Crippen molar-refractivity contribution in [2.24, 2.45) is 0 Å². The molecule has 1 aromatic heterocycles. The van der Waals surface area contributed by atoms with E-state index in [9.17, 15) is 0 Å². The van der Waals surface area contributed by atoms with E-state index in [1.165, 1.54) is 5.56 Å². The fraction of sp³-hybridized carbons (Fsp3) is 0.500. The van der Waals surface area contributed by atoms with Gasteiger partial charge in [-0.05, 0) is 49.5 Å². The third-order valence-electron chi connectivity index (χ3n) is 2.60. The van der Waals surface area contributed by atoms with Gasteiger partial charge >= 0.3 is 0 Å². The molecule has 0 amide bonds. The predicted octanol–water partition coefficient (Wildman–Crippen LogP) is 3.28. The van der Waals surface area contributed by atoms with E-state index in [4.69, 9.17) is 23.2 Å². The van der Waals surface area contributed by atoms with E-state index in [-0.39, 0.29) is 12.4 Å². The first-order chi connectivity index (χ1) is 6.75. The van der Waals surface area contributed by atoms with E-state index >= 15 is 0 Å². The molecule has 0 spiro atoms. The number of hydrogen-bond donors (Lipinski definition) is 1. The van der Waals surface area contributed by atoms with Crippen LogP contribution in [0.3, 0.4) is 0 Å². The van der Waals surface area contributed by atoms with Gasteiger partial charge in [0.1, 0.15) is 10.3 Å². The third-order valence-corrected chi connectivity index (χ3v) is 2.98. The second-order valence-electron chi connectivity index (χ2n) is 3.57. The second kappa shape index (κ2) is 5.90. The Labute approximate surface area is 106 Å². The first kappa shape index (κ1) is 13.0. The van der Waals surface area contributed by atoms with Crippen molar-refractivity contribution in [1.82, 2.24) is 10.3 Å². The van der Waals surface area contributed by atoms with Gasteiger partial charge < -0.3 is 5.32 Å². The van der Waals surface area contributed by atoms with Gasteiger partial charge in [-0.15, -0.1) is 12.4 Å². The number of nitrogens with zero attached hydrogens (tertiary/aromatic N) is 1. The first-order valence-electron chi connectivity index (χ1n) is 4.79. The Morgan fingerprint density at radius 2 is 1.67 bits per heavy atom. The molecule has 0 bridgehead atoms. The topological polar surface area (TPSA) is 24.9 Å². The molecule has 1 aliphatic heterocycles. The van der Waals surface area contributed by atoms with Crippen LogP contribution in [0.5, 0.6) is 0 Å². The molecule has 0 saturated carbocycles. The zero-order valence-electron chi connectivity index (χ0n) is 8.17. The molecule has 5 heteroatoms. The van der Waals surface area contributed by atoms with Crippen molar-refractivity contribution in [2.75, 3.05) is 13.1 Å². The average molecular weight is 268 g/mol. The van der Waals surface area contributed by atoms with Gasteiger partial charge in [0.25, 0.3) is 0 Å². The molecule has 0 unspecified atom stereocenters. The summed E-state index contributed by atoms with van der Waals surface area (Å²) in [7, 11) is 0. The van der Waals surface area contributed by atoms with Crippen molar-refractivity contribution in [2.45, 2.75) is 18.8 Å². The van der Waals surface area contributed by atoms with Crippen LogP contribution in [0.1, 0.15) is 24.3 Å². The Kier molecular flexibility index (Phi) is 5.13. The molecule has 1 fully saturated rings. The lowest BCUT2D eigenvalue weighted by molar-refractivity contribution is 0.460. The smallest absolute Gasteiger partial charge is 0.131 e. The van der Waals surface area contributed by atoms with Gasteiger partial charge in [0.05, 0.1) is 0 Å². The van der Waals surface area contributed by atoms with Crippen LogP contribution in [0.2, 0.25) is 10.3 Å². The van der Waals surface area contributed by atoms with Crippen molar-refractivity contribution in [3.8, 4) is 0 Å². The molecule has 0 radical (unpaired) electrons. The molecule has 2 heterocycles. The third kappa shape index (κ3) is 3.49. The Bertz CT molecular complexity index is 304. The molecule has 2 nitrogen and oxygen atoms in total. The van der Waals surface area contributed by atoms with Crippen LogP contribution in [-0.4, -0.2) is 18.1 Å². The maximum absolute atomic E-state index is 5.86. The van der Waals surface area contributed by atoms with Gasteiger partial charge in [-0.2, -0.15) is 0 Å². The molecule has 0 atom stereocenters. The van der Waals surface area contributed by atoms with Crippen molar-refractivity contribution in [1.29, 1.82) is 0 Å². The summed E-state index contributed by atoms with van der Waals surface area (Å²) in [6.07, 6.45) is 2.30. The normalized spacial score (nSPS) is 17.2. The van der Waals surface area contributed by atoms with Crippen LogP contribution in [-0.2, 0) is 0 Å². The van der Waals surface area contributed by atoms with Gasteiger partial charge in [0.15, 0.2) is 0 Å².